The van der Waals surface area contributed by atoms with Crippen LogP contribution in [-0.4, -0.2) is 0 Å². The van der Waals surface area contributed by atoms with Gasteiger partial charge in [-0.2, -0.15) is 0 Å². The van der Waals surface area contributed by atoms with Gasteiger partial charge in [0.1, 0.15) is 0 Å². The Bertz CT molecular complexity index is 68.1. The summed E-state index contributed by atoms with van der Waals surface area (Å²) < 4.78 is 0. The summed E-state index contributed by atoms with van der Waals surface area (Å²) in [5, 5.41) is 0. The monoisotopic (exact) mass is 216 g/mol. The van der Waals surface area contributed by atoms with Crippen molar-refractivity contribution in [3.05, 3.63) is 0 Å². The molecule has 96 valence electrons. The first-order valence-corrected chi connectivity index (χ1v) is 6.99. The van der Waals surface area contributed by atoms with Crippen LogP contribution in [0.4, 0.5) is 0 Å². The zero-order valence-electron chi connectivity index (χ0n) is 12.7. The van der Waals surface area contributed by atoms with E-state index >= 15 is 0 Å². The summed E-state index contributed by atoms with van der Waals surface area (Å²) >= 11 is 0. The van der Waals surface area contributed by atoms with E-state index in [9.17, 15) is 0 Å². The van der Waals surface area contributed by atoms with Crippen LogP contribution >= 0.6 is 0 Å². The van der Waals surface area contributed by atoms with Gasteiger partial charge in [0.25, 0.3) is 0 Å². The first-order chi connectivity index (χ1) is 6.99. The molecule has 15 heavy (non-hydrogen) atoms. The average Bonchev–Trinajstić information content (AvgIpc) is 2.28. The summed E-state index contributed by atoms with van der Waals surface area (Å²) in [5.41, 5.74) is 0. The molecule has 0 aliphatic carbocycles. The number of unbranched alkanes of at least 4 members (excludes halogenated alkanes) is 1. The zero-order valence-corrected chi connectivity index (χ0v) is 12.7. The lowest BCUT2D eigenvalue weighted by Crippen LogP contribution is -1.85. The fourth-order valence-corrected chi connectivity index (χ4v) is 0.289. The number of rotatable bonds is 4. The van der Waals surface area contributed by atoms with Crippen molar-refractivity contribution >= 4 is 0 Å². The minimum Gasteiger partial charge on any atom is -0.0654 e. The van der Waals surface area contributed by atoms with Crippen LogP contribution in [0.1, 0.15) is 87.5 Å². The Morgan fingerprint density at radius 2 is 0.867 bits per heavy atom. The zero-order chi connectivity index (χ0) is 12.7. The molecule has 0 amide bonds. The molecule has 0 N–H and O–H groups in total. The van der Waals surface area contributed by atoms with Gasteiger partial charge in [0.15, 0.2) is 0 Å². The fourth-order valence-electron chi connectivity index (χ4n) is 0.289. The lowest BCUT2D eigenvalue weighted by atomic mass is 10.1. The van der Waals surface area contributed by atoms with Crippen molar-refractivity contribution in [2.24, 2.45) is 11.8 Å². The van der Waals surface area contributed by atoms with Crippen LogP contribution in [-0.2, 0) is 0 Å². The van der Waals surface area contributed by atoms with Crippen molar-refractivity contribution in [2.75, 3.05) is 0 Å². The highest BCUT2D eigenvalue weighted by Crippen LogP contribution is 2.02. The number of hydrogen-bond acceptors (Lipinski definition) is 0. The van der Waals surface area contributed by atoms with E-state index in [4.69, 9.17) is 0 Å². The molecule has 0 aromatic rings. The van der Waals surface area contributed by atoms with E-state index in [1.165, 1.54) is 32.1 Å². The molecule has 0 aromatic carbocycles. The third-order valence-electron chi connectivity index (χ3n) is 2.71. The van der Waals surface area contributed by atoms with Gasteiger partial charge in [0.05, 0.1) is 0 Å². The molecule has 0 heteroatoms. The Balaban J connectivity index is -0.000000147. The summed E-state index contributed by atoms with van der Waals surface area (Å²) in [6.07, 6.45) is 6.60. The van der Waals surface area contributed by atoms with Crippen molar-refractivity contribution in [2.45, 2.75) is 87.5 Å². The van der Waals surface area contributed by atoms with Crippen LogP contribution in [0.25, 0.3) is 0 Å². The average molecular weight is 216 g/mol. The van der Waals surface area contributed by atoms with Gasteiger partial charge in [-0.3, -0.25) is 0 Å². The van der Waals surface area contributed by atoms with Crippen molar-refractivity contribution in [1.82, 2.24) is 0 Å². The van der Waals surface area contributed by atoms with E-state index in [0.29, 0.717) is 0 Å². The van der Waals surface area contributed by atoms with Crippen LogP contribution < -0.4 is 0 Å². The van der Waals surface area contributed by atoms with Crippen molar-refractivity contribution in [3.8, 4) is 0 Å². The maximum absolute atomic E-state index is 2.28. The van der Waals surface area contributed by atoms with Gasteiger partial charge >= 0.3 is 0 Å². The molecule has 0 aliphatic rings. The quantitative estimate of drug-likeness (QED) is 0.517. The third kappa shape index (κ3) is 41.1. The highest BCUT2D eigenvalue weighted by atomic mass is 13.9. The molecular weight excluding hydrogens is 180 g/mol. The Kier molecular flexibility index (Phi) is 26.6. The summed E-state index contributed by atoms with van der Waals surface area (Å²) in [6, 6.07) is 0. The molecule has 0 bridgehead atoms. The van der Waals surface area contributed by atoms with Crippen LogP contribution in [0.5, 0.6) is 0 Å². The van der Waals surface area contributed by atoms with E-state index in [-0.39, 0.29) is 0 Å². The SMILES string of the molecule is CCC(C)C.CCC(C)CC.CCCC. The normalized spacial score (nSPS) is 9.20. The Labute approximate surface area is 99.9 Å². The predicted molar refractivity (Wildman–Crippen MR) is 75.5 cm³/mol. The molecule has 0 aliphatic heterocycles. The first kappa shape index (κ1) is 20.4. The summed E-state index contributed by atoms with van der Waals surface area (Å²) in [4.78, 5) is 0. The lowest BCUT2D eigenvalue weighted by molar-refractivity contribution is 0.544. The van der Waals surface area contributed by atoms with E-state index in [0.717, 1.165) is 11.8 Å². The minimum absolute atomic E-state index is 0.884. The molecule has 0 spiro atoms. The smallest absolute Gasteiger partial charge is 0.0448 e. The van der Waals surface area contributed by atoms with E-state index in [1.807, 2.05) is 0 Å². The Morgan fingerprint density at radius 3 is 0.867 bits per heavy atom. The van der Waals surface area contributed by atoms with E-state index in [2.05, 4.69) is 55.4 Å². The van der Waals surface area contributed by atoms with Gasteiger partial charge in [-0.15, -0.1) is 0 Å². The second-order valence-electron chi connectivity index (χ2n) is 4.72. The highest BCUT2D eigenvalue weighted by Gasteiger charge is 1.88. The molecule has 0 saturated heterocycles. The van der Waals surface area contributed by atoms with E-state index < -0.39 is 0 Å². The van der Waals surface area contributed by atoms with Crippen LogP contribution in [0.15, 0.2) is 0 Å². The molecule has 0 aromatic heterocycles. The maximum Gasteiger partial charge on any atom is -0.0448 e. The van der Waals surface area contributed by atoms with E-state index in [1.54, 1.807) is 0 Å². The molecule has 0 unspecified atom stereocenters. The van der Waals surface area contributed by atoms with Crippen LogP contribution in [0.3, 0.4) is 0 Å². The second kappa shape index (κ2) is 19.6. The summed E-state index contributed by atoms with van der Waals surface area (Å²) in [6.45, 7) is 17.7. The standard InChI is InChI=1S/C6H14.C5H12.C4H10/c1-4-6(3)5-2;1-4-5(2)3;1-3-4-2/h6H,4-5H2,1-3H3;5H,4H2,1-3H3;3-4H2,1-2H3. The van der Waals surface area contributed by atoms with Crippen LogP contribution in [0.2, 0.25) is 0 Å². The van der Waals surface area contributed by atoms with Gasteiger partial charge in [0, 0.05) is 0 Å². The van der Waals surface area contributed by atoms with Crippen molar-refractivity contribution < 1.29 is 0 Å². The third-order valence-corrected chi connectivity index (χ3v) is 2.71. The van der Waals surface area contributed by atoms with Gasteiger partial charge < -0.3 is 0 Å². The molecule has 0 rings (SSSR count). The molecule has 0 nitrogen and oxygen atoms in total. The molecule has 0 fully saturated rings. The Morgan fingerprint density at radius 1 is 0.600 bits per heavy atom. The highest BCUT2D eigenvalue weighted by molar-refractivity contribution is 4.41. The fraction of sp³-hybridized carbons (Fsp3) is 1.00. The van der Waals surface area contributed by atoms with Crippen molar-refractivity contribution in [1.29, 1.82) is 0 Å². The molecular formula is C15H36. The summed E-state index contributed by atoms with van der Waals surface area (Å²) in [7, 11) is 0. The topological polar surface area (TPSA) is 0 Å². The Hall–Kier alpha value is 0. The molecule has 0 radical (unpaired) electrons. The second-order valence-corrected chi connectivity index (χ2v) is 4.72. The van der Waals surface area contributed by atoms with Gasteiger partial charge in [0.2, 0.25) is 0 Å². The number of hydrogen-bond donors (Lipinski definition) is 0. The van der Waals surface area contributed by atoms with Gasteiger partial charge in [-0.25, -0.2) is 0 Å². The van der Waals surface area contributed by atoms with Crippen molar-refractivity contribution in [3.63, 3.8) is 0 Å². The molecule has 0 atom stereocenters. The molecule has 0 saturated carbocycles. The van der Waals surface area contributed by atoms with Gasteiger partial charge in [-0.05, 0) is 11.8 Å². The van der Waals surface area contributed by atoms with Gasteiger partial charge in [-0.1, -0.05) is 87.5 Å². The molecule has 0 heterocycles. The first-order valence-electron chi connectivity index (χ1n) is 6.99. The minimum atomic E-state index is 0.884. The maximum atomic E-state index is 2.28. The predicted octanol–water partition coefficient (Wildman–Crippen LogP) is 6.30. The largest absolute Gasteiger partial charge is 0.0654 e. The van der Waals surface area contributed by atoms with Crippen LogP contribution in [0, 0.1) is 11.8 Å². The lowest BCUT2D eigenvalue weighted by Gasteiger charge is -1.98. The summed E-state index contributed by atoms with van der Waals surface area (Å²) in [5.74, 6) is 1.82.